The first-order valence-corrected chi connectivity index (χ1v) is 8.34. The lowest BCUT2D eigenvalue weighted by molar-refractivity contribution is -0.148. The number of nitrogens with one attached hydrogen (secondary N) is 1. The predicted molar refractivity (Wildman–Crippen MR) is 85.3 cm³/mol. The van der Waals surface area contributed by atoms with Gasteiger partial charge in [0.15, 0.2) is 0 Å². The number of urea groups is 1. The molecule has 1 aromatic carbocycles. The molecule has 2 fully saturated rings. The van der Waals surface area contributed by atoms with Crippen LogP contribution in [0.25, 0.3) is 0 Å². The van der Waals surface area contributed by atoms with Crippen molar-refractivity contribution in [2.75, 3.05) is 6.54 Å². The van der Waals surface area contributed by atoms with Crippen LogP contribution in [-0.4, -0.2) is 34.9 Å². The molecule has 0 unspecified atom stereocenters. The van der Waals surface area contributed by atoms with Crippen molar-refractivity contribution in [2.45, 2.75) is 31.9 Å². The Kier molecular flexibility index (Phi) is 4.33. The Morgan fingerprint density at radius 3 is 2.79 bits per heavy atom. The molecule has 128 valence electrons. The molecule has 8 heteroatoms. The van der Waals surface area contributed by atoms with Crippen molar-refractivity contribution in [3.8, 4) is 0 Å². The Morgan fingerprint density at radius 1 is 1.46 bits per heavy atom. The third kappa shape index (κ3) is 3.15. The van der Waals surface area contributed by atoms with Crippen LogP contribution in [0, 0.1) is 11.7 Å². The quantitative estimate of drug-likeness (QED) is 0.610. The minimum absolute atomic E-state index is 0.0801. The van der Waals surface area contributed by atoms with E-state index in [9.17, 15) is 18.8 Å². The molecule has 1 N–H and O–H groups in total. The first kappa shape index (κ1) is 16.9. The summed E-state index contributed by atoms with van der Waals surface area (Å²) >= 11 is 3.18. The second kappa shape index (κ2) is 6.16. The molecule has 0 spiro atoms. The first-order valence-electron chi connectivity index (χ1n) is 7.55. The molecule has 0 bridgehead atoms. The number of ether oxygens (including phenoxy) is 1. The SMILES string of the molecule is C[C@]1(C2CC2)NC(=O)N(CC(=O)OCc2ccc(F)cc2Br)C1=O. The number of carbonyl (C=O) groups excluding carboxylic acids is 3. The summed E-state index contributed by atoms with van der Waals surface area (Å²) in [6.45, 7) is 1.17. The lowest BCUT2D eigenvalue weighted by Gasteiger charge is -2.20. The van der Waals surface area contributed by atoms with Crippen molar-refractivity contribution in [1.29, 1.82) is 0 Å². The number of rotatable bonds is 5. The molecule has 1 aromatic rings. The fourth-order valence-electron chi connectivity index (χ4n) is 2.77. The number of amides is 3. The van der Waals surface area contributed by atoms with Gasteiger partial charge in [0.1, 0.15) is 24.5 Å². The molecule has 3 amide bonds. The van der Waals surface area contributed by atoms with Gasteiger partial charge in [-0.15, -0.1) is 0 Å². The molecule has 1 saturated heterocycles. The minimum atomic E-state index is -0.919. The summed E-state index contributed by atoms with van der Waals surface area (Å²) in [6.07, 6.45) is 1.78. The second-order valence-corrected chi connectivity index (χ2v) is 7.05. The van der Waals surface area contributed by atoms with Gasteiger partial charge in [0, 0.05) is 10.0 Å². The van der Waals surface area contributed by atoms with Gasteiger partial charge in [0.25, 0.3) is 5.91 Å². The largest absolute Gasteiger partial charge is 0.459 e. The van der Waals surface area contributed by atoms with Crippen molar-refractivity contribution in [3.05, 3.63) is 34.1 Å². The van der Waals surface area contributed by atoms with Crippen molar-refractivity contribution < 1.29 is 23.5 Å². The zero-order valence-electron chi connectivity index (χ0n) is 13.0. The molecule has 1 atom stereocenters. The van der Waals surface area contributed by atoms with Crippen molar-refractivity contribution >= 4 is 33.8 Å². The smallest absolute Gasteiger partial charge is 0.326 e. The normalized spacial score (nSPS) is 23.4. The van der Waals surface area contributed by atoms with Gasteiger partial charge in [-0.25, -0.2) is 9.18 Å². The van der Waals surface area contributed by atoms with Gasteiger partial charge in [-0.1, -0.05) is 22.0 Å². The molecule has 24 heavy (non-hydrogen) atoms. The van der Waals surface area contributed by atoms with Crippen LogP contribution < -0.4 is 5.32 Å². The maximum absolute atomic E-state index is 13.0. The number of carbonyl (C=O) groups is 3. The monoisotopic (exact) mass is 398 g/mol. The molecule has 1 saturated carbocycles. The molecular formula is C16H16BrFN2O4. The molecule has 1 aliphatic carbocycles. The van der Waals surface area contributed by atoms with Crippen molar-refractivity contribution in [3.63, 3.8) is 0 Å². The number of halogens is 2. The second-order valence-electron chi connectivity index (χ2n) is 6.19. The number of imide groups is 1. The Balaban J connectivity index is 1.58. The molecule has 6 nitrogen and oxygen atoms in total. The average molecular weight is 399 g/mol. The molecule has 0 radical (unpaired) electrons. The summed E-state index contributed by atoms with van der Waals surface area (Å²) in [4.78, 5) is 37.2. The predicted octanol–water partition coefficient (Wildman–Crippen LogP) is 2.35. The summed E-state index contributed by atoms with van der Waals surface area (Å²) in [6, 6.07) is 3.44. The molecule has 3 rings (SSSR count). The zero-order chi connectivity index (χ0) is 17.5. The molecular weight excluding hydrogens is 383 g/mol. The van der Waals surface area contributed by atoms with E-state index in [-0.39, 0.29) is 12.5 Å². The van der Waals surface area contributed by atoms with Crippen LogP contribution in [0.5, 0.6) is 0 Å². The lowest BCUT2D eigenvalue weighted by atomic mass is 9.96. The summed E-state index contributed by atoms with van der Waals surface area (Å²) in [7, 11) is 0. The topological polar surface area (TPSA) is 75.7 Å². The Morgan fingerprint density at radius 2 is 2.17 bits per heavy atom. The molecule has 1 aliphatic heterocycles. The van der Waals surface area contributed by atoms with E-state index >= 15 is 0 Å². The fourth-order valence-corrected chi connectivity index (χ4v) is 3.23. The van der Waals surface area contributed by atoms with E-state index < -0.39 is 35.8 Å². The number of esters is 1. The van der Waals surface area contributed by atoms with Crippen LogP contribution in [-0.2, 0) is 20.9 Å². The van der Waals surface area contributed by atoms with E-state index in [1.165, 1.54) is 18.2 Å². The fraction of sp³-hybridized carbons (Fsp3) is 0.438. The third-order valence-corrected chi connectivity index (χ3v) is 5.12. The maximum Gasteiger partial charge on any atom is 0.326 e. The molecule has 0 aromatic heterocycles. The highest BCUT2D eigenvalue weighted by Gasteiger charge is 2.56. The van der Waals surface area contributed by atoms with Crippen LogP contribution in [0.2, 0.25) is 0 Å². The van der Waals surface area contributed by atoms with Gasteiger partial charge < -0.3 is 10.1 Å². The zero-order valence-corrected chi connectivity index (χ0v) is 14.6. The van der Waals surface area contributed by atoms with E-state index in [4.69, 9.17) is 4.74 Å². The lowest BCUT2D eigenvalue weighted by Crippen LogP contribution is -2.46. The van der Waals surface area contributed by atoms with Gasteiger partial charge in [0.2, 0.25) is 0 Å². The van der Waals surface area contributed by atoms with Crippen molar-refractivity contribution in [1.82, 2.24) is 10.2 Å². The van der Waals surface area contributed by atoms with Crippen LogP contribution >= 0.6 is 15.9 Å². The van der Waals surface area contributed by atoms with Crippen LogP contribution in [0.3, 0.4) is 0 Å². The van der Waals surface area contributed by atoms with Crippen LogP contribution in [0.4, 0.5) is 9.18 Å². The maximum atomic E-state index is 13.0. The first-order chi connectivity index (χ1) is 11.3. The molecule has 1 heterocycles. The van der Waals surface area contributed by atoms with Gasteiger partial charge >= 0.3 is 12.0 Å². The highest BCUT2D eigenvalue weighted by molar-refractivity contribution is 9.10. The van der Waals surface area contributed by atoms with Crippen LogP contribution in [0.15, 0.2) is 22.7 Å². The number of hydrogen-bond donors (Lipinski definition) is 1. The van der Waals surface area contributed by atoms with Crippen LogP contribution in [0.1, 0.15) is 25.3 Å². The number of benzene rings is 1. The summed E-state index contributed by atoms with van der Waals surface area (Å²) in [5, 5.41) is 2.67. The van der Waals surface area contributed by atoms with Gasteiger partial charge in [-0.2, -0.15) is 0 Å². The number of hydrogen-bond acceptors (Lipinski definition) is 4. The highest BCUT2D eigenvalue weighted by Crippen LogP contribution is 2.42. The van der Waals surface area contributed by atoms with Gasteiger partial charge in [-0.3, -0.25) is 14.5 Å². The van der Waals surface area contributed by atoms with Crippen molar-refractivity contribution in [2.24, 2.45) is 5.92 Å². The highest BCUT2D eigenvalue weighted by atomic mass is 79.9. The summed E-state index contributed by atoms with van der Waals surface area (Å²) in [5.41, 5.74) is -0.332. The van der Waals surface area contributed by atoms with Gasteiger partial charge in [0.05, 0.1) is 0 Å². The third-order valence-electron chi connectivity index (χ3n) is 4.39. The standard InChI is InChI=1S/C16H16BrFN2O4/c1-16(10-3-4-10)14(22)20(15(23)19-16)7-13(21)24-8-9-2-5-11(18)6-12(9)17/h2,5-6,10H,3-4,7-8H2,1H3,(H,19,23)/t16-/m1/s1. The Labute approximate surface area is 146 Å². The summed E-state index contributed by atoms with van der Waals surface area (Å²) < 4.78 is 18.6. The Hall–Kier alpha value is -1.96. The average Bonchev–Trinajstić information content (AvgIpc) is 3.33. The molecule has 2 aliphatic rings. The van der Waals surface area contributed by atoms with E-state index in [0.29, 0.717) is 10.0 Å². The Bertz CT molecular complexity index is 722. The minimum Gasteiger partial charge on any atom is -0.459 e. The number of nitrogens with zero attached hydrogens (tertiary/aromatic N) is 1. The van der Waals surface area contributed by atoms with E-state index in [1.807, 2.05) is 0 Å². The van der Waals surface area contributed by atoms with E-state index in [2.05, 4.69) is 21.2 Å². The summed E-state index contributed by atoms with van der Waals surface area (Å²) in [5.74, 6) is -1.37. The van der Waals surface area contributed by atoms with Gasteiger partial charge in [-0.05, 0) is 37.8 Å². The van der Waals surface area contributed by atoms with E-state index in [1.54, 1.807) is 6.92 Å². The van der Waals surface area contributed by atoms with E-state index in [0.717, 1.165) is 17.7 Å².